The van der Waals surface area contributed by atoms with Gasteiger partial charge < -0.3 is 0 Å². The van der Waals surface area contributed by atoms with Crippen LogP contribution in [0.25, 0.3) is 0 Å². The van der Waals surface area contributed by atoms with Crippen molar-refractivity contribution in [3.63, 3.8) is 0 Å². The van der Waals surface area contributed by atoms with Gasteiger partial charge in [0.1, 0.15) is 0 Å². The Labute approximate surface area is 199 Å². The van der Waals surface area contributed by atoms with Gasteiger partial charge >= 0.3 is 0 Å². The van der Waals surface area contributed by atoms with Gasteiger partial charge in [0.15, 0.2) is 0 Å². The Morgan fingerprint density at radius 2 is 1.71 bits per heavy atom. The van der Waals surface area contributed by atoms with Crippen LogP contribution in [0.3, 0.4) is 0 Å². The van der Waals surface area contributed by atoms with Crippen LogP contribution in [0.5, 0.6) is 0 Å². The second kappa shape index (κ2) is 13.3. The summed E-state index contributed by atoms with van der Waals surface area (Å²) in [6.45, 7) is 7.36. The van der Waals surface area contributed by atoms with E-state index in [-0.39, 0.29) is 6.04 Å². The number of nitrogens with one attached hydrogen (secondary N) is 1. The van der Waals surface area contributed by atoms with E-state index in [1.54, 1.807) is 20.8 Å². The van der Waals surface area contributed by atoms with Gasteiger partial charge in [-0.15, -0.1) is 23.5 Å². The van der Waals surface area contributed by atoms with Crippen molar-refractivity contribution in [2.75, 3.05) is 11.5 Å². The average Bonchev–Trinajstić information content (AvgIpc) is 2.71. The van der Waals surface area contributed by atoms with Crippen molar-refractivity contribution in [1.82, 2.24) is 4.72 Å². The van der Waals surface area contributed by atoms with Crippen LogP contribution in [0, 0.1) is 5.92 Å². The zero-order valence-electron chi connectivity index (χ0n) is 19.7. The number of benzene rings is 1. The molecule has 0 aliphatic heterocycles. The van der Waals surface area contributed by atoms with Gasteiger partial charge in [-0.25, -0.2) is 13.1 Å². The molecule has 6 heteroatoms. The first kappa shape index (κ1) is 26.8. The number of hydrogen-bond donors (Lipinski definition) is 1. The van der Waals surface area contributed by atoms with Crippen molar-refractivity contribution in [3.8, 4) is 0 Å². The van der Waals surface area contributed by atoms with E-state index in [0.29, 0.717) is 0 Å². The van der Waals surface area contributed by atoms with Crippen LogP contribution in [0.4, 0.5) is 0 Å². The molecule has 0 aromatic heterocycles. The van der Waals surface area contributed by atoms with Crippen LogP contribution in [-0.2, 0) is 10.0 Å². The molecule has 1 aromatic carbocycles. The number of unbranched alkanes of at least 4 members (excludes halogenated alkanes) is 2. The zero-order valence-corrected chi connectivity index (χ0v) is 22.2. The third-order valence-corrected chi connectivity index (χ3v) is 10.2. The van der Waals surface area contributed by atoms with Gasteiger partial charge in [0.25, 0.3) is 0 Å². The maximum atomic E-state index is 12.3. The monoisotopic (exact) mass is 483 g/mol. The fourth-order valence-electron chi connectivity index (χ4n) is 3.76. The largest absolute Gasteiger partial charge is 0.216 e. The van der Waals surface area contributed by atoms with E-state index in [1.165, 1.54) is 41.2 Å². The fraction of sp³-hybridized carbons (Fsp3) is 0.680. The van der Waals surface area contributed by atoms with Gasteiger partial charge in [-0.3, -0.25) is 0 Å². The summed E-state index contributed by atoms with van der Waals surface area (Å²) in [5, 5.41) is 0. The van der Waals surface area contributed by atoms with E-state index in [2.05, 4.69) is 48.1 Å². The van der Waals surface area contributed by atoms with Gasteiger partial charge in [-0.2, -0.15) is 0 Å². The van der Waals surface area contributed by atoms with Gasteiger partial charge in [0.05, 0.1) is 4.75 Å². The third kappa shape index (κ3) is 9.93. The van der Waals surface area contributed by atoms with Crippen LogP contribution in [0.15, 0.2) is 46.2 Å². The molecule has 1 N–H and O–H groups in total. The molecule has 2 rings (SSSR count). The molecule has 1 fully saturated rings. The maximum Gasteiger partial charge on any atom is 0.216 e. The highest BCUT2D eigenvalue weighted by Crippen LogP contribution is 2.30. The van der Waals surface area contributed by atoms with E-state index >= 15 is 0 Å². The maximum absolute atomic E-state index is 12.3. The second-order valence-electron chi connectivity index (χ2n) is 9.50. The predicted molar refractivity (Wildman–Crippen MR) is 139 cm³/mol. The molecule has 1 aliphatic carbocycles. The van der Waals surface area contributed by atoms with E-state index < -0.39 is 14.8 Å². The molecule has 1 aliphatic rings. The first-order chi connectivity index (χ1) is 14.7. The molecule has 3 nitrogen and oxygen atoms in total. The lowest BCUT2D eigenvalue weighted by atomic mass is 9.83. The lowest BCUT2D eigenvalue weighted by molar-refractivity contribution is 0.291. The van der Waals surface area contributed by atoms with E-state index in [9.17, 15) is 8.42 Å². The standard InChI is InChI=1S/C25H41NO2S3/c1-5-6-18-29-23-12-10-13-24(20-23)30-19-9-7-8-11-21-14-16-22(17-15-21)26-31(27,28)25(2,3)4/h5-6,10,12-13,20-22,26H,7-9,11,14-19H2,1-4H3/b6-5+. The first-order valence-electron chi connectivity index (χ1n) is 11.7. The summed E-state index contributed by atoms with van der Waals surface area (Å²) in [7, 11) is -3.23. The van der Waals surface area contributed by atoms with Crippen LogP contribution < -0.4 is 4.72 Å². The number of allylic oxidation sites excluding steroid dienone is 1. The Bertz CT molecular complexity index is 776. The summed E-state index contributed by atoms with van der Waals surface area (Å²) in [5.41, 5.74) is 0. The summed E-state index contributed by atoms with van der Waals surface area (Å²) in [4.78, 5) is 2.73. The van der Waals surface area contributed by atoms with Crippen LogP contribution in [0.1, 0.15) is 79.1 Å². The molecule has 1 saturated carbocycles. The Morgan fingerprint density at radius 3 is 2.35 bits per heavy atom. The number of rotatable bonds is 12. The summed E-state index contributed by atoms with van der Waals surface area (Å²) in [6, 6.07) is 9.02. The van der Waals surface area contributed by atoms with Gasteiger partial charge in [0, 0.05) is 21.6 Å². The molecular formula is C25H41NO2S3. The molecule has 0 bridgehead atoms. The lowest BCUT2D eigenvalue weighted by Crippen LogP contribution is -2.45. The summed E-state index contributed by atoms with van der Waals surface area (Å²) in [5.74, 6) is 2.99. The minimum absolute atomic E-state index is 0.129. The Morgan fingerprint density at radius 1 is 1.03 bits per heavy atom. The Kier molecular flexibility index (Phi) is 11.5. The molecule has 0 unspecified atom stereocenters. The second-order valence-corrected chi connectivity index (χ2v) is 14.2. The normalized spacial score (nSPS) is 20.4. The van der Waals surface area contributed by atoms with Crippen molar-refractivity contribution < 1.29 is 8.42 Å². The number of sulfonamides is 1. The average molecular weight is 484 g/mol. The molecule has 0 heterocycles. The van der Waals surface area contributed by atoms with Gasteiger partial charge in [-0.1, -0.05) is 37.5 Å². The van der Waals surface area contributed by atoms with E-state index in [0.717, 1.165) is 37.4 Å². The molecule has 176 valence electrons. The molecule has 1 aromatic rings. The highest BCUT2D eigenvalue weighted by molar-refractivity contribution is 8.00. The van der Waals surface area contributed by atoms with Crippen molar-refractivity contribution in [2.45, 2.75) is 99.6 Å². The minimum Gasteiger partial charge on any atom is -0.212 e. The fourth-order valence-corrected chi connectivity index (χ4v) is 6.70. The molecular weight excluding hydrogens is 442 g/mol. The van der Waals surface area contributed by atoms with Crippen LogP contribution in [-0.4, -0.2) is 30.7 Å². The smallest absolute Gasteiger partial charge is 0.212 e. The zero-order chi connectivity index (χ0) is 22.7. The molecule has 31 heavy (non-hydrogen) atoms. The van der Waals surface area contributed by atoms with Crippen LogP contribution in [0.2, 0.25) is 0 Å². The first-order valence-corrected chi connectivity index (χ1v) is 15.2. The van der Waals surface area contributed by atoms with Crippen LogP contribution >= 0.6 is 23.5 Å². The SMILES string of the molecule is C/C=C/CSc1cccc(SCCCCCC2CCC(NS(=O)(=O)C(C)(C)C)CC2)c1. The molecule has 0 amide bonds. The minimum atomic E-state index is -3.23. The lowest BCUT2D eigenvalue weighted by Gasteiger charge is -2.31. The third-order valence-electron chi connectivity index (χ3n) is 5.89. The molecule has 0 spiro atoms. The molecule has 0 radical (unpaired) electrons. The van der Waals surface area contributed by atoms with Crippen molar-refractivity contribution in [2.24, 2.45) is 5.92 Å². The number of hydrogen-bond acceptors (Lipinski definition) is 4. The van der Waals surface area contributed by atoms with Crippen molar-refractivity contribution in [1.29, 1.82) is 0 Å². The van der Waals surface area contributed by atoms with Crippen molar-refractivity contribution >= 4 is 33.5 Å². The number of thioether (sulfide) groups is 2. The van der Waals surface area contributed by atoms with E-state index in [1.807, 2.05) is 23.5 Å². The summed E-state index contributed by atoms with van der Waals surface area (Å²) in [6.07, 6.45) is 13.7. The highest BCUT2D eigenvalue weighted by atomic mass is 32.2. The van der Waals surface area contributed by atoms with Gasteiger partial charge in [-0.05, 0) is 89.7 Å². The Balaban J connectivity index is 1.57. The summed E-state index contributed by atoms with van der Waals surface area (Å²) >= 11 is 3.86. The van der Waals surface area contributed by atoms with Crippen molar-refractivity contribution in [3.05, 3.63) is 36.4 Å². The Hall–Kier alpha value is -0.430. The highest BCUT2D eigenvalue weighted by Gasteiger charge is 2.32. The molecule has 0 atom stereocenters. The predicted octanol–water partition coefficient (Wildman–Crippen LogP) is 7.28. The van der Waals surface area contributed by atoms with E-state index in [4.69, 9.17) is 0 Å². The topological polar surface area (TPSA) is 46.2 Å². The van der Waals surface area contributed by atoms with Gasteiger partial charge in [0.2, 0.25) is 10.0 Å². The molecule has 0 saturated heterocycles. The quantitative estimate of drug-likeness (QED) is 0.193. The summed E-state index contributed by atoms with van der Waals surface area (Å²) < 4.78 is 26.9.